The van der Waals surface area contributed by atoms with Crippen molar-refractivity contribution in [1.82, 2.24) is 20.3 Å². The molecule has 0 spiro atoms. The highest BCUT2D eigenvalue weighted by Crippen LogP contribution is 2.26. The number of ether oxygens (including phenoxy) is 1. The first kappa shape index (κ1) is 14.6. The Morgan fingerprint density at radius 3 is 2.75 bits per heavy atom. The van der Waals surface area contributed by atoms with Crippen molar-refractivity contribution in [3.63, 3.8) is 0 Å². The summed E-state index contributed by atoms with van der Waals surface area (Å²) in [4.78, 5) is 5.34. The number of nitrogens with zero attached hydrogens (tertiary/aromatic N) is 4. The van der Waals surface area contributed by atoms with Gasteiger partial charge in [0.25, 0.3) is 5.89 Å². The number of thiophene rings is 1. The molecule has 0 amide bonds. The molecule has 120 valence electrons. The van der Waals surface area contributed by atoms with Crippen LogP contribution in [-0.2, 0) is 0 Å². The lowest BCUT2D eigenvalue weighted by atomic mass is 10.2. The summed E-state index contributed by atoms with van der Waals surface area (Å²) >= 11 is 1.56. The predicted molar refractivity (Wildman–Crippen MR) is 86.4 cm³/mol. The monoisotopic (exact) mass is 340 g/mol. The summed E-state index contributed by atoms with van der Waals surface area (Å²) in [6, 6.07) is 11.2. The van der Waals surface area contributed by atoms with Gasteiger partial charge in [0.1, 0.15) is 5.75 Å². The molecule has 0 saturated heterocycles. The van der Waals surface area contributed by atoms with Gasteiger partial charge in [0.05, 0.1) is 4.88 Å². The van der Waals surface area contributed by atoms with Crippen LogP contribution in [0.3, 0.4) is 0 Å². The normalized spacial score (nSPS) is 12.2. The third-order valence-electron chi connectivity index (χ3n) is 3.31. The van der Waals surface area contributed by atoms with E-state index in [9.17, 15) is 0 Å². The zero-order valence-corrected chi connectivity index (χ0v) is 13.4. The van der Waals surface area contributed by atoms with Crippen LogP contribution in [0.15, 0.2) is 57.1 Å². The van der Waals surface area contributed by atoms with Gasteiger partial charge in [-0.2, -0.15) is 4.98 Å². The summed E-state index contributed by atoms with van der Waals surface area (Å²) in [5.74, 6) is 2.15. The molecule has 4 aromatic rings. The fourth-order valence-electron chi connectivity index (χ4n) is 2.14. The van der Waals surface area contributed by atoms with E-state index in [1.807, 2.05) is 48.7 Å². The second-order valence-corrected chi connectivity index (χ2v) is 5.91. The number of rotatable bonds is 5. The molecule has 0 aliphatic heterocycles. The second-order valence-electron chi connectivity index (χ2n) is 4.96. The van der Waals surface area contributed by atoms with Crippen LogP contribution in [-0.4, -0.2) is 20.3 Å². The molecule has 0 bridgehead atoms. The van der Waals surface area contributed by atoms with Gasteiger partial charge < -0.3 is 13.7 Å². The molecule has 8 heteroatoms. The molecule has 4 rings (SSSR count). The van der Waals surface area contributed by atoms with Gasteiger partial charge in [0.15, 0.2) is 6.10 Å². The van der Waals surface area contributed by atoms with Crippen molar-refractivity contribution in [2.45, 2.75) is 13.0 Å². The first-order valence-corrected chi connectivity index (χ1v) is 8.08. The van der Waals surface area contributed by atoms with Gasteiger partial charge in [0, 0.05) is 5.56 Å². The Kier molecular flexibility index (Phi) is 3.80. The van der Waals surface area contributed by atoms with Gasteiger partial charge in [-0.3, -0.25) is 0 Å². The smallest absolute Gasteiger partial charge is 0.267 e. The molecule has 3 aromatic heterocycles. The minimum Gasteiger partial charge on any atom is -0.481 e. The molecule has 0 saturated carbocycles. The Morgan fingerprint density at radius 2 is 2.04 bits per heavy atom. The highest BCUT2D eigenvalue weighted by Gasteiger charge is 2.17. The average molecular weight is 340 g/mol. The maximum absolute atomic E-state index is 5.84. The van der Waals surface area contributed by atoms with E-state index in [0.717, 1.165) is 10.4 Å². The fraction of sp³-hybridized carbons (Fsp3) is 0.125. The maximum Gasteiger partial charge on any atom is 0.267 e. The highest BCUT2D eigenvalue weighted by atomic mass is 32.1. The van der Waals surface area contributed by atoms with E-state index in [2.05, 4.69) is 20.3 Å². The van der Waals surface area contributed by atoms with Crippen molar-refractivity contribution in [1.29, 1.82) is 0 Å². The Balaban J connectivity index is 1.47. The van der Waals surface area contributed by atoms with Crippen LogP contribution in [0.1, 0.15) is 18.9 Å². The lowest BCUT2D eigenvalue weighted by Gasteiger charge is -2.10. The standard InChI is InChI=1S/C16H12N4O3S/c1-10(15-18-14(20-23-15)13-3-2-8-24-13)22-12-6-4-11(5-7-12)16-19-17-9-21-16/h2-10H,1H3. The molecule has 0 aliphatic carbocycles. The van der Waals surface area contributed by atoms with Gasteiger partial charge in [0.2, 0.25) is 18.1 Å². The molecule has 1 aromatic carbocycles. The van der Waals surface area contributed by atoms with Gasteiger partial charge in [-0.15, -0.1) is 21.5 Å². The van der Waals surface area contributed by atoms with Crippen LogP contribution in [0.4, 0.5) is 0 Å². The minimum absolute atomic E-state index is 0.361. The number of hydrogen-bond donors (Lipinski definition) is 0. The van der Waals surface area contributed by atoms with E-state index < -0.39 is 0 Å². The van der Waals surface area contributed by atoms with Crippen LogP contribution in [0.2, 0.25) is 0 Å². The molecular formula is C16H12N4O3S. The molecular weight excluding hydrogens is 328 g/mol. The summed E-state index contributed by atoms with van der Waals surface area (Å²) in [5.41, 5.74) is 0.824. The molecule has 0 aliphatic rings. The van der Waals surface area contributed by atoms with Crippen molar-refractivity contribution in [2.24, 2.45) is 0 Å². The molecule has 1 atom stereocenters. The van der Waals surface area contributed by atoms with Crippen molar-refractivity contribution in [2.75, 3.05) is 0 Å². The van der Waals surface area contributed by atoms with Gasteiger partial charge >= 0.3 is 0 Å². The summed E-state index contributed by atoms with van der Waals surface area (Å²) in [6.07, 6.45) is 0.934. The first-order valence-electron chi connectivity index (χ1n) is 7.20. The van der Waals surface area contributed by atoms with Crippen LogP contribution in [0.25, 0.3) is 22.2 Å². The van der Waals surface area contributed by atoms with Crippen molar-refractivity contribution in [3.8, 4) is 27.9 Å². The zero-order valence-electron chi connectivity index (χ0n) is 12.6. The van der Waals surface area contributed by atoms with E-state index in [0.29, 0.717) is 23.4 Å². The summed E-state index contributed by atoms with van der Waals surface area (Å²) in [7, 11) is 0. The Morgan fingerprint density at radius 1 is 1.17 bits per heavy atom. The largest absolute Gasteiger partial charge is 0.481 e. The molecule has 1 unspecified atom stereocenters. The summed E-state index contributed by atoms with van der Waals surface area (Å²) < 4.78 is 16.3. The zero-order chi connectivity index (χ0) is 16.4. The van der Waals surface area contributed by atoms with Crippen LogP contribution >= 0.6 is 11.3 Å². The van der Waals surface area contributed by atoms with Crippen LogP contribution in [0, 0.1) is 0 Å². The molecule has 0 radical (unpaired) electrons. The fourth-order valence-corrected chi connectivity index (χ4v) is 2.78. The highest BCUT2D eigenvalue weighted by molar-refractivity contribution is 7.13. The van der Waals surface area contributed by atoms with Gasteiger partial charge in [-0.1, -0.05) is 11.2 Å². The molecule has 0 N–H and O–H groups in total. The van der Waals surface area contributed by atoms with Crippen molar-refractivity contribution >= 4 is 11.3 Å². The average Bonchev–Trinajstić information content (AvgIpc) is 3.35. The number of benzene rings is 1. The van der Waals surface area contributed by atoms with E-state index in [-0.39, 0.29) is 6.10 Å². The number of aromatic nitrogens is 4. The lowest BCUT2D eigenvalue weighted by molar-refractivity contribution is 0.176. The van der Waals surface area contributed by atoms with E-state index in [1.165, 1.54) is 6.39 Å². The van der Waals surface area contributed by atoms with E-state index in [4.69, 9.17) is 13.7 Å². The summed E-state index contributed by atoms with van der Waals surface area (Å²) in [6.45, 7) is 1.86. The van der Waals surface area contributed by atoms with E-state index in [1.54, 1.807) is 11.3 Å². The van der Waals surface area contributed by atoms with Crippen molar-refractivity contribution < 1.29 is 13.7 Å². The SMILES string of the molecule is CC(Oc1ccc(-c2nnco2)cc1)c1nc(-c2cccs2)no1. The molecule has 0 fully saturated rings. The third kappa shape index (κ3) is 2.91. The Labute approximate surface area is 140 Å². The Hall–Kier alpha value is -3.00. The number of hydrogen-bond acceptors (Lipinski definition) is 8. The topological polar surface area (TPSA) is 87.1 Å². The molecule has 24 heavy (non-hydrogen) atoms. The van der Waals surface area contributed by atoms with Gasteiger partial charge in [-0.25, -0.2) is 0 Å². The Bertz CT molecular complexity index is 901. The lowest BCUT2D eigenvalue weighted by Crippen LogP contribution is -2.03. The molecule has 7 nitrogen and oxygen atoms in total. The van der Waals surface area contributed by atoms with Gasteiger partial charge in [-0.05, 0) is 42.6 Å². The third-order valence-corrected chi connectivity index (χ3v) is 4.17. The van der Waals surface area contributed by atoms with Crippen molar-refractivity contribution in [3.05, 3.63) is 54.1 Å². The minimum atomic E-state index is -0.361. The maximum atomic E-state index is 5.84. The molecule has 3 heterocycles. The summed E-state index contributed by atoms with van der Waals surface area (Å²) in [5, 5.41) is 13.5. The van der Waals surface area contributed by atoms with Crippen LogP contribution in [0.5, 0.6) is 5.75 Å². The van der Waals surface area contributed by atoms with E-state index >= 15 is 0 Å². The quantitative estimate of drug-likeness (QED) is 0.543. The first-order chi connectivity index (χ1) is 11.8. The second kappa shape index (κ2) is 6.25. The van der Waals surface area contributed by atoms with Crippen LogP contribution < -0.4 is 4.74 Å². The predicted octanol–water partition coefficient (Wildman–Crippen LogP) is 3.99.